The summed E-state index contributed by atoms with van der Waals surface area (Å²) in [6, 6.07) is 9.53. The molecule has 1 aromatic carbocycles. The number of ether oxygens (including phenoxy) is 2. The first-order valence-electron chi connectivity index (χ1n) is 7.49. The standard InChI is InChI=1S/C16H24N2O3/c1-2-9-18-16(15(17)19,13-6-4-3-5-7-13)12-21-14-8-10-20-11-14/h3-7,14,18H,2,8-12H2,1H3,(H2,17,19). The summed E-state index contributed by atoms with van der Waals surface area (Å²) in [4.78, 5) is 12.2. The molecule has 1 heterocycles. The van der Waals surface area contributed by atoms with E-state index < -0.39 is 11.4 Å². The van der Waals surface area contributed by atoms with Gasteiger partial charge in [0.15, 0.2) is 0 Å². The lowest BCUT2D eigenvalue weighted by Crippen LogP contribution is -2.56. The first kappa shape index (κ1) is 15.9. The number of nitrogens with two attached hydrogens (primary N) is 1. The predicted molar refractivity (Wildman–Crippen MR) is 80.8 cm³/mol. The molecule has 3 N–H and O–H groups in total. The number of hydrogen-bond acceptors (Lipinski definition) is 4. The third kappa shape index (κ3) is 3.81. The van der Waals surface area contributed by atoms with E-state index in [0.717, 1.165) is 18.4 Å². The second kappa shape index (κ2) is 7.54. The number of rotatable bonds is 8. The number of carbonyl (C=O) groups is 1. The summed E-state index contributed by atoms with van der Waals surface area (Å²) in [6.45, 7) is 4.26. The van der Waals surface area contributed by atoms with Crippen LogP contribution in [0.2, 0.25) is 0 Å². The van der Waals surface area contributed by atoms with Gasteiger partial charge in [-0.25, -0.2) is 0 Å². The van der Waals surface area contributed by atoms with Gasteiger partial charge in [-0.3, -0.25) is 10.1 Å². The Morgan fingerprint density at radius 1 is 1.48 bits per heavy atom. The highest BCUT2D eigenvalue weighted by molar-refractivity contribution is 5.86. The Labute approximate surface area is 125 Å². The lowest BCUT2D eigenvalue weighted by atomic mass is 9.89. The fraction of sp³-hybridized carbons (Fsp3) is 0.562. The third-order valence-corrected chi connectivity index (χ3v) is 3.79. The largest absolute Gasteiger partial charge is 0.379 e. The average molecular weight is 292 g/mol. The Bertz CT molecular complexity index is 446. The third-order valence-electron chi connectivity index (χ3n) is 3.79. The first-order chi connectivity index (χ1) is 10.2. The maximum absolute atomic E-state index is 12.2. The van der Waals surface area contributed by atoms with Crippen LogP contribution < -0.4 is 11.1 Å². The molecule has 2 rings (SSSR count). The van der Waals surface area contributed by atoms with Crippen molar-refractivity contribution in [2.24, 2.45) is 5.73 Å². The SMILES string of the molecule is CCCNC(COC1CCOC1)(C(N)=O)c1ccccc1. The summed E-state index contributed by atoms with van der Waals surface area (Å²) >= 11 is 0. The molecule has 5 nitrogen and oxygen atoms in total. The monoisotopic (exact) mass is 292 g/mol. The summed E-state index contributed by atoms with van der Waals surface area (Å²) in [6.07, 6.45) is 1.81. The van der Waals surface area contributed by atoms with Crippen LogP contribution in [0.3, 0.4) is 0 Å². The molecule has 0 bridgehead atoms. The highest BCUT2D eigenvalue weighted by atomic mass is 16.5. The molecule has 0 radical (unpaired) electrons. The van der Waals surface area contributed by atoms with E-state index in [1.165, 1.54) is 0 Å². The molecule has 1 aliphatic rings. The van der Waals surface area contributed by atoms with Crippen LogP contribution in [0.1, 0.15) is 25.3 Å². The van der Waals surface area contributed by atoms with Gasteiger partial charge in [0, 0.05) is 6.61 Å². The number of amides is 1. The van der Waals surface area contributed by atoms with Gasteiger partial charge >= 0.3 is 0 Å². The van der Waals surface area contributed by atoms with Crippen LogP contribution in [-0.2, 0) is 19.8 Å². The Kier molecular flexibility index (Phi) is 5.73. The highest BCUT2D eigenvalue weighted by Gasteiger charge is 2.39. The van der Waals surface area contributed by atoms with Gasteiger partial charge in [-0.2, -0.15) is 0 Å². The number of benzene rings is 1. The smallest absolute Gasteiger partial charge is 0.244 e. The number of carbonyl (C=O) groups excluding carboxylic acids is 1. The first-order valence-corrected chi connectivity index (χ1v) is 7.49. The van der Waals surface area contributed by atoms with Crippen molar-refractivity contribution in [3.05, 3.63) is 35.9 Å². The molecule has 0 aromatic heterocycles. The van der Waals surface area contributed by atoms with Gasteiger partial charge < -0.3 is 15.2 Å². The summed E-state index contributed by atoms with van der Waals surface area (Å²) < 4.78 is 11.2. The lowest BCUT2D eigenvalue weighted by Gasteiger charge is -2.33. The second-order valence-electron chi connectivity index (χ2n) is 5.36. The summed E-state index contributed by atoms with van der Waals surface area (Å²) in [5, 5.41) is 3.28. The molecule has 5 heteroatoms. The second-order valence-corrected chi connectivity index (χ2v) is 5.36. The maximum atomic E-state index is 12.2. The molecule has 0 spiro atoms. The molecule has 1 aromatic rings. The zero-order valence-electron chi connectivity index (χ0n) is 12.5. The fourth-order valence-corrected chi connectivity index (χ4v) is 2.49. The average Bonchev–Trinajstić information content (AvgIpc) is 3.02. The minimum atomic E-state index is -0.986. The van der Waals surface area contributed by atoms with E-state index in [0.29, 0.717) is 19.8 Å². The van der Waals surface area contributed by atoms with Crippen LogP contribution in [0, 0.1) is 0 Å². The predicted octanol–water partition coefficient (Wildman–Crippen LogP) is 1.17. The van der Waals surface area contributed by atoms with Crippen LogP contribution in [0.15, 0.2) is 30.3 Å². The van der Waals surface area contributed by atoms with Crippen molar-refractivity contribution < 1.29 is 14.3 Å². The zero-order valence-corrected chi connectivity index (χ0v) is 12.5. The number of nitrogens with one attached hydrogen (secondary N) is 1. The van der Waals surface area contributed by atoms with Crippen LogP contribution in [-0.4, -0.2) is 38.4 Å². The van der Waals surface area contributed by atoms with Gasteiger partial charge in [0.05, 0.1) is 19.3 Å². The summed E-state index contributed by atoms with van der Waals surface area (Å²) in [5.74, 6) is -0.416. The Balaban J connectivity index is 2.19. The van der Waals surface area contributed by atoms with E-state index in [9.17, 15) is 4.79 Å². The van der Waals surface area contributed by atoms with Crippen LogP contribution in [0.4, 0.5) is 0 Å². The van der Waals surface area contributed by atoms with E-state index in [1.54, 1.807) is 0 Å². The molecular weight excluding hydrogens is 268 g/mol. The van der Waals surface area contributed by atoms with Crippen LogP contribution in [0.25, 0.3) is 0 Å². The summed E-state index contributed by atoms with van der Waals surface area (Å²) in [7, 11) is 0. The minimum Gasteiger partial charge on any atom is -0.379 e. The van der Waals surface area contributed by atoms with E-state index in [4.69, 9.17) is 15.2 Å². The minimum absolute atomic E-state index is 0.0378. The van der Waals surface area contributed by atoms with Gasteiger partial charge in [-0.1, -0.05) is 37.3 Å². The van der Waals surface area contributed by atoms with Gasteiger partial charge in [-0.05, 0) is 24.9 Å². The number of primary amides is 1. The molecule has 0 saturated carbocycles. The maximum Gasteiger partial charge on any atom is 0.244 e. The number of hydrogen-bond donors (Lipinski definition) is 2. The van der Waals surface area contributed by atoms with Gasteiger partial charge in [0.1, 0.15) is 5.54 Å². The normalized spacial score (nSPS) is 21.1. The van der Waals surface area contributed by atoms with Gasteiger partial charge in [0.25, 0.3) is 0 Å². The molecule has 21 heavy (non-hydrogen) atoms. The van der Waals surface area contributed by atoms with Crippen molar-refractivity contribution in [1.29, 1.82) is 0 Å². The van der Waals surface area contributed by atoms with Crippen molar-refractivity contribution >= 4 is 5.91 Å². The molecule has 116 valence electrons. The molecule has 1 aliphatic heterocycles. The van der Waals surface area contributed by atoms with E-state index >= 15 is 0 Å². The van der Waals surface area contributed by atoms with Crippen molar-refractivity contribution in [1.82, 2.24) is 5.32 Å². The molecule has 0 aliphatic carbocycles. The molecule has 1 fully saturated rings. The van der Waals surface area contributed by atoms with E-state index in [2.05, 4.69) is 12.2 Å². The highest BCUT2D eigenvalue weighted by Crippen LogP contribution is 2.23. The van der Waals surface area contributed by atoms with Crippen LogP contribution >= 0.6 is 0 Å². The summed E-state index contributed by atoms with van der Waals surface area (Å²) in [5.41, 5.74) is 5.57. The van der Waals surface area contributed by atoms with Crippen LogP contribution in [0.5, 0.6) is 0 Å². The van der Waals surface area contributed by atoms with Gasteiger partial charge in [-0.15, -0.1) is 0 Å². The van der Waals surface area contributed by atoms with Crippen molar-refractivity contribution in [2.45, 2.75) is 31.4 Å². The molecule has 2 unspecified atom stereocenters. The molecular formula is C16H24N2O3. The van der Waals surface area contributed by atoms with Crippen molar-refractivity contribution in [3.63, 3.8) is 0 Å². The molecule has 1 saturated heterocycles. The quantitative estimate of drug-likeness (QED) is 0.754. The lowest BCUT2D eigenvalue weighted by molar-refractivity contribution is -0.129. The Morgan fingerprint density at radius 2 is 2.24 bits per heavy atom. The van der Waals surface area contributed by atoms with Gasteiger partial charge in [0.2, 0.25) is 5.91 Å². The van der Waals surface area contributed by atoms with E-state index in [-0.39, 0.29) is 12.7 Å². The van der Waals surface area contributed by atoms with Crippen molar-refractivity contribution in [2.75, 3.05) is 26.4 Å². The topological polar surface area (TPSA) is 73.6 Å². The Morgan fingerprint density at radius 3 is 2.81 bits per heavy atom. The fourth-order valence-electron chi connectivity index (χ4n) is 2.49. The Hall–Kier alpha value is -1.43. The zero-order chi connectivity index (χ0) is 15.1. The van der Waals surface area contributed by atoms with Crippen molar-refractivity contribution in [3.8, 4) is 0 Å². The molecule has 2 atom stereocenters. The molecule has 1 amide bonds. The van der Waals surface area contributed by atoms with E-state index in [1.807, 2.05) is 30.3 Å².